The molecule has 1 aromatic rings. The van der Waals surface area contributed by atoms with Gasteiger partial charge in [0.05, 0.1) is 11.1 Å². The third-order valence-electron chi connectivity index (χ3n) is 1.40. The summed E-state index contributed by atoms with van der Waals surface area (Å²) < 4.78 is 0.977. The Hall–Kier alpha value is -0.530. The van der Waals surface area contributed by atoms with Crippen LogP contribution in [-0.4, -0.2) is 10.2 Å². The van der Waals surface area contributed by atoms with Gasteiger partial charge < -0.3 is 0 Å². The number of thioether (sulfide) groups is 1. The molecule has 0 aromatic carbocycles. The minimum atomic E-state index is 0.304. The molecule has 0 fully saturated rings. The third kappa shape index (κ3) is 3.79. The Morgan fingerprint density at radius 1 is 1.69 bits per heavy atom. The van der Waals surface area contributed by atoms with E-state index in [0.717, 1.165) is 9.50 Å². The number of pyridine rings is 1. The molecule has 0 N–H and O–H groups in total. The van der Waals surface area contributed by atoms with E-state index in [9.17, 15) is 0 Å². The highest BCUT2D eigenvalue weighted by Crippen LogP contribution is 2.23. The van der Waals surface area contributed by atoms with E-state index in [2.05, 4.69) is 27.0 Å². The second-order valence-electron chi connectivity index (χ2n) is 2.61. The molecule has 0 aliphatic carbocycles. The number of hydrogen-bond acceptors (Lipinski definition) is 3. The second kappa shape index (κ2) is 5.25. The molecule has 13 heavy (non-hydrogen) atoms. The number of halogens is 1. The van der Waals surface area contributed by atoms with Gasteiger partial charge in [-0.3, -0.25) is 0 Å². The summed E-state index contributed by atoms with van der Waals surface area (Å²) in [4.78, 5) is 4.21. The molecule has 0 spiro atoms. The van der Waals surface area contributed by atoms with Gasteiger partial charge in [0, 0.05) is 22.3 Å². The van der Waals surface area contributed by atoms with Crippen LogP contribution in [0.3, 0.4) is 0 Å². The van der Waals surface area contributed by atoms with Crippen molar-refractivity contribution in [1.29, 1.82) is 5.26 Å². The SMILES string of the molecule is CC(CC#N)Sc1ccc(Br)cn1. The van der Waals surface area contributed by atoms with Crippen LogP contribution in [0.1, 0.15) is 13.3 Å². The minimum absolute atomic E-state index is 0.304. The monoisotopic (exact) mass is 256 g/mol. The van der Waals surface area contributed by atoms with Gasteiger partial charge in [0.25, 0.3) is 0 Å². The maximum absolute atomic E-state index is 8.47. The van der Waals surface area contributed by atoms with E-state index in [0.29, 0.717) is 11.7 Å². The third-order valence-corrected chi connectivity index (χ3v) is 2.92. The molecule has 0 aliphatic heterocycles. The zero-order chi connectivity index (χ0) is 9.68. The first-order chi connectivity index (χ1) is 6.22. The Labute approximate surface area is 90.5 Å². The molecule has 68 valence electrons. The average Bonchev–Trinajstić information content (AvgIpc) is 2.09. The predicted molar refractivity (Wildman–Crippen MR) is 57.5 cm³/mol. The molecule has 1 atom stereocenters. The minimum Gasteiger partial charge on any atom is -0.249 e. The van der Waals surface area contributed by atoms with Crippen LogP contribution in [0.15, 0.2) is 27.8 Å². The zero-order valence-corrected chi connectivity index (χ0v) is 9.60. The molecule has 0 amide bonds. The van der Waals surface area contributed by atoms with Crippen LogP contribution in [0.2, 0.25) is 0 Å². The molecule has 0 aliphatic rings. The summed E-state index contributed by atoms with van der Waals surface area (Å²) >= 11 is 4.94. The number of nitriles is 1. The summed E-state index contributed by atoms with van der Waals surface area (Å²) in [5.74, 6) is 0. The molecule has 1 aromatic heterocycles. The van der Waals surface area contributed by atoms with Gasteiger partial charge in [-0.1, -0.05) is 6.92 Å². The smallest absolute Gasteiger partial charge is 0.0963 e. The van der Waals surface area contributed by atoms with E-state index in [1.165, 1.54) is 0 Å². The first-order valence-corrected chi connectivity index (χ1v) is 5.55. The van der Waals surface area contributed by atoms with Crippen molar-refractivity contribution in [3.63, 3.8) is 0 Å². The Balaban J connectivity index is 2.55. The van der Waals surface area contributed by atoms with Gasteiger partial charge in [-0.05, 0) is 28.1 Å². The normalized spacial score (nSPS) is 12.1. The molecule has 2 nitrogen and oxygen atoms in total. The van der Waals surface area contributed by atoms with Crippen LogP contribution in [0.25, 0.3) is 0 Å². The average molecular weight is 257 g/mol. The van der Waals surface area contributed by atoms with Crippen molar-refractivity contribution in [1.82, 2.24) is 4.98 Å². The van der Waals surface area contributed by atoms with Crippen molar-refractivity contribution in [2.24, 2.45) is 0 Å². The Morgan fingerprint density at radius 2 is 2.46 bits per heavy atom. The predicted octanol–water partition coefficient (Wildman–Crippen LogP) is 3.24. The van der Waals surface area contributed by atoms with Crippen molar-refractivity contribution in [3.05, 3.63) is 22.8 Å². The van der Waals surface area contributed by atoms with Gasteiger partial charge in [0.15, 0.2) is 0 Å². The lowest BCUT2D eigenvalue weighted by molar-refractivity contribution is 0.979. The largest absolute Gasteiger partial charge is 0.249 e. The molecular formula is C9H9BrN2S. The van der Waals surface area contributed by atoms with Gasteiger partial charge in [-0.25, -0.2) is 4.98 Å². The summed E-state index contributed by atoms with van der Waals surface area (Å²) in [6, 6.07) is 6.04. The Kier molecular flexibility index (Phi) is 4.26. The van der Waals surface area contributed by atoms with Crippen molar-refractivity contribution < 1.29 is 0 Å². The van der Waals surface area contributed by atoms with Crippen LogP contribution in [0.5, 0.6) is 0 Å². The second-order valence-corrected chi connectivity index (χ2v) is 4.98. The van der Waals surface area contributed by atoms with Crippen LogP contribution < -0.4 is 0 Å². The summed E-state index contributed by atoms with van der Waals surface area (Å²) in [5.41, 5.74) is 0. The summed E-state index contributed by atoms with van der Waals surface area (Å²) in [7, 11) is 0. The van der Waals surface area contributed by atoms with Crippen LogP contribution in [0, 0.1) is 11.3 Å². The molecule has 0 radical (unpaired) electrons. The highest BCUT2D eigenvalue weighted by molar-refractivity contribution is 9.10. The molecule has 1 rings (SSSR count). The fourth-order valence-electron chi connectivity index (χ4n) is 0.808. The van der Waals surface area contributed by atoms with Crippen molar-refractivity contribution >= 4 is 27.7 Å². The Morgan fingerprint density at radius 3 is 3.00 bits per heavy atom. The summed E-state index contributed by atoms with van der Waals surface area (Å²) in [6.45, 7) is 2.03. The van der Waals surface area contributed by atoms with E-state index in [4.69, 9.17) is 5.26 Å². The molecule has 0 bridgehead atoms. The van der Waals surface area contributed by atoms with E-state index >= 15 is 0 Å². The summed E-state index contributed by atoms with van der Waals surface area (Å²) in [6.07, 6.45) is 2.32. The topological polar surface area (TPSA) is 36.7 Å². The first-order valence-electron chi connectivity index (χ1n) is 3.87. The van der Waals surface area contributed by atoms with Crippen molar-refractivity contribution in [2.75, 3.05) is 0 Å². The fraction of sp³-hybridized carbons (Fsp3) is 0.333. The molecule has 1 unspecified atom stereocenters. The van der Waals surface area contributed by atoms with Gasteiger partial charge in [-0.15, -0.1) is 11.8 Å². The summed E-state index contributed by atoms with van der Waals surface area (Å²) in [5, 5.41) is 9.74. The highest BCUT2D eigenvalue weighted by atomic mass is 79.9. The fourth-order valence-corrected chi connectivity index (χ4v) is 1.87. The Bertz CT molecular complexity index is 304. The van der Waals surface area contributed by atoms with Gasteiger partial charge in [0.2, 0.25) is 0 Å². The number of rotatable bonds is 3. The lowest BCUT2D eigenvalue weighted by Gasteiger charge is -2.04. The molecule has 1 heterocycles. The zero-order valence-electron chi connectivity index (χ0n) is 7.20. The van der Waals surface area contributed by atoms with E-state index in [1.54, 1.807) is 18.0 Å². The van der Waals surface area contributed by atoms with E-state index in [-0.39, 0.29) is 0 Å². The molecule has 4 heteroatoms. The van der Waals surface area contributed by atoms with E-state index in [1.807, 2.05) is 19.1 Å². The van der Waals surface area contributed by atoms with Crippen LogP contribution in [0.4, 0.5) is 0 Å². The maximum Gasteiger partial charge on any atom is 0.0963 e. The molecule has 0 saturated heterocycles. The van der Waals surface area contributed by atoms with Gasteiger partial charge >= 0.3 is 0 Å². The van der Waals surface area contributed by atoms with Gasteiger partial charge in [-0.2, -0.15) is 5.26 Å². The maximum atomic E-state index is 8.47. The quantitative estimate of drug-likeness (QED) is 0.780. The highest BCUT2D eigenvalue weighted by Gasteiger charge is 2.03. The lowest BCUT2D eigenvalue weighted by Crippen LogP contribution is -1.94. The number of nitrogens with zero attached hydrogens (tertiary/aromatic N) is 2. The van der Waals surface area contributed by atoms with Crippen LogP contribution in [-0.2, 0) is 0 Å². The standard InChI is InChI=1S/C9H9BrN2S/c1-7(4-5-11)13-9-3-2-8(10)6-12-9/h2-3,6-7H,4H2,1H3. The molecule has 0 saturated carbocycles. The molecular weight excluding hydrogens is 248 g/mol. The lowest BCUT2D eigenvalue weighted by atomic mass is 10.4. The first kappa shape index (κ1) is 10.6. The van der Waals surface area contributed by atoms with Gasteiger partial charge in [0.1, 0.15) is 0 Å². The van der Waals surface area contributed by atoms with E-state index < -0.39 is 0 Å². The number of aromatic nitrogens is 1. The van der Waals surface area contributed by atoms with Crippen molar-refractivity contribution in [3.8, 4) is 6.07 Å². The number of hydrogen-bond donors (Lipinski definition) is 0. The van der Waals surface area contributed by atoms with Crippen LogP contribution >= 0.6 is 27.7 Å². The van der Waals surface area contributed by atoms with Crippen molar-refractivity contribution in [2.45, 2.75) is 23.6 Å².